The minimum absolute atomic E-state index is 0.818. The molecule has 0 amide bonds. The highest BCUT2D eigenvalue weighted by Crippen LogP contribution is 2.24. The number of nitrogens with zero attached hydrogens (tertiary/aromatic N) is 5. The molecule has 0 aliphatic carbocycles. The van der Waals surface area contributed by atoms with Gasteiger partial charge >= 0.3 is 0 Å². The molecule has 1 aliphatic rings. The van der Waals surface area contributed by atoms with Crippen LogP contribution in [0, 0.1) is 6.92 Å². The van der Waals surface area contributed by atoms with Crippen molar-refractivity contribution in [3.8, 4) is 0 Å². The fourth-order valence-corrected chi connectivity index (χ4v) is 2.36. The van der Waals surface area contributed by atoms with E-state index < -0.39 is 0 Å². The van der Waals surface area contributed by atoms with Crippen molar-refractivity contribution in [3.05, 3.63) is 24.2 Å². The zero-order valence-electron chi connectivity index (χ0n) is 11.8. The molecule has 2 aromatic rings. The number of likely N-dealkylation sites (N-methyl/N-ethyl adjacent to an activating group) is 1. The molecular weight excluding hydrogens is 254 g/mol. The zero-order valence-corrected chi connectivity index (χ0v) is 11.8. The normalized spacial score (nSPS) is 16.4. The highest BCUT2D eigenvalue weighted by atomic mass is 15.3. The first-order valence-corrected chi connectivity index (χ1v) is 6.75. The predicted octanol–water partition coefficient (Wildman–Crippen LogP) is 1.00. The third kappa shape index (κ3) is 2.57. The molecule has 2 aromatic heterocycles. The summed E-state index contributed by atoms with van der Waals surface area (Å²) in [6, 6.07) is 1.87. The summed E-state index contributed by atoms with van der Waals surface area (Å²) in [5.74, 6) is 2.66. The van der Waals surface area contributed by atoms with E-state index in [1.807, 2.05) is 13.0 Å². The van der Waals surface area contributed by atoms with Crippen molar-refractivity contribution in [3.63, 3.8) is 0 Å². The molecule has 3 heterocycles. The van der Waals surface area contributed by atoms with Gasteiger partial charge in [0.25, 0.3) is 0 Å². The Balaban J connectivity index is 1.82. The standard InChI is InChI=1S/C13H19N7/c1-10-12(17-11-3-4-16-18-11)14-9-15-13(10)20-7-5-19(2)6-8-20/h3-4,9H,5-8H2,1-2H3,(H2,14,15,16,17,18). The Labute approximate surface area is 118 Å². The molecule has 20 heavy (non-hydrogen) atoms. The lowest BCUT2D eigenvalue weighted by Crippen LogP contribution is -2.45. The van der Waals surface area contributed by atoms with Gasteiger partial charge in [-0.15, -0.1) is 0 Å². The monoisotopic (exact) mass is 273 g/mol. The number of H-pyrrole nitrogens is 1. The predicted molar refractivity (Wildman–Crippen MR) is 78.3 cm³/mol. The Morgan fingerprint density at radius 1 is 1.20 bits per heavy atom. The molecule has 1 fully saturated rings. The number of piperazine rings is 1. The SMILES string of the molecule is Cc1c(Nc2ccn[nH]2)ncnc1N1CCN(C)CC1. The lowest BCUT2D eigenvalue weighted by Gasteiger charge is -2.34. The molecule has 0 atom stereocenters. The molecule has 1 saturated heterocycles. The van der Waals surface area contributed by atoms with E-state index in [2.05, 4.69) is 42.3 Å². The number of aromatic nitrogens is 4. The number of aromatic amines is 1. The lowest BCUT2D eigenvalue weighted by atomic mass is 10.2. The maximum atomic E-state index is 4.45. The van der Waals surface area contributed by atoms with Crippen molar-refractivity contribution >= 4 is 17.5 Å². The Morgan fingerprint density at radius 2 is 2.00 bits per heavy atom. The van der Waals surface area contributed by atoms with Crippen molar-refractivity contribution in [2.45, 2.75) is 6.92 Å². The second kappa shape index (κ2) is 5.46. The Hall–Kier alpha value is -2.15. The summed E-state index contributed by atoms with van der Waals surface area (Å²) >= 11 is 0. The van der Waals surface area contributed by atoms with Crippen LogP contribution in [0.25, 0.3) is 0 Å². The lowest BCUT2D eigenvalue weighted by molar-refractivity contribution is 0.312. The second-order valence-electron chi connectivity index (χ2n) is 5.06. The van der Waals surface area contributed by atoms with Crippen LogP contribution in [0.1, 0.15) is 5.56 Å². The summed E-state index contributed by atoms with van der Waals surface area (Å²) in [6.45, 7) is 6.17. The number of hydrogen-bond donors (Lipinski definition) is 2. The van der Waals surface area contributed by atoms with Gasteiger partial charge in [-0.25, -0.2) is 9.97 Å². The first kappa shape index (κ1) is 12.9. The molecule has 0 aromatic carbocycles. The van der Waals surface area contributed by atoms with Crippen LogP contribution in [0.3, 0.4) is 0 Å². The van der Waals surface area contributed by atoms with Crippen molar-refractivity contribution in [2.24, 2.45) is 0 Å². The summed E-state index contributed by atoms with van der Waals surface area (Å²) in [5.41, 5.74) is 1.06. The highest BCUT2D eigenvalue weighted by molar-refractivity contribution is 5.63. The largest absolute Gasteiger partial charge is 0.354 e. The van der Waals surface area contributed by atoms with Gasteiger partial charge in [-0.3, -0.25) is 5.10 Å². The zero-order chi connectivity index (χ0) is 13.9. The van der Waals surface area contributed by atoms with Gasteiger partial charge in [0.1, 0.15) is 23.8 Å². The van der Waals surface area contributed by atoms with Gasteiger partial charge in [0.2, 0.25) is 0 Å². The highest BCUT2D eigenvalue weighted by Gasteiger charge is 2.18. The molecular formula is C13H19N7. The molecule has 0 bridgehead atoms. The molecule has 106 valence electrons. The van der Waals surface area contributed by atoms with Crippen LogP contribution in [0.4, 0.5) is 17.5 Å². The van der Waals surface area contributed by atoms with Crippen molar-refractivity contribution in [1.82, 2.24) is 25.1 Å². The van der Waals surface area contributed by atoms with E-state index in [-0.39, 0.29) is 0 Å². The van der Waals surface area contributed by atoms with Gasteiger partial charge < -0.3 is 15.1 Å². The maximum absolute atomic E-state index is 4.45. The molecule has 3 rings (SSSR count). The summed E-state index contributed by atoms with van der Waals surface area (Å²) in [7, 11) is 2.15. The van der Waals surface area contributed by atoms with Crippen LogP contribution >= 0.6 is 0 Å². The molecule has 0 saturated carbocycles. The van der Waals surface area contributed by atoms with E-state index >= 15 is 0 Å². The Morgan fingerprint density at radius 3 is 2.70 bits per heavy atom. The summed E-state index contributed by atoms with van der Waals surface area (Å²) < 4.78 is 0. The van der Waals surface area contributed by atoms with Crippen molar-refractivity contribution < 1.29 is 0 Å². The molecule has 0 spiro atoms. The van der Waals surface area contributed by atoms with Crippen LogP contribution < -0.4 is 10.2 Å². The van der Waals surface area contributed by atoms with Gasteiger partial charge in [-0.05, 0) is 14.0 Å². The molecule has 1 aliphatic heterocycles. The average molecular weight is 273 g/mol. The topological polar surface area (TPSA) is 73.0 Å². The van der Waals surface area contributed by atoms with Gasteiger partial charge in [0.05, 0.1) is 6.20 Å². The maximum Gasteiger partial charge on any atom is 0.139 e. The van der Waals surface area contributed by atoms with Crippen LogP contribution in [-0.4, -0.2) is 58.3 Å². The Kier molecular flexibility index (Phi) is 3.51. The number of hydrogen-bond acceptors (Lipinski definition) is 6. The van der Waals surface area contributed by atoms with E-state index in [0.717, 1.165) is 49.2 Å². The molecule has 7 nitrogen and oxygen atoms in total. The minimum Gasteiger partial charge on any atom is -0.354 e. The smallest absolute Gasteiger partial charge is 0.139 e. The van der Waals surface area contributed by atoms with Crippen molar-refractivity contribution in [2.75, 3.05) is 43.4 Å². The first-order chi connectivity index (χ1) is 9.74. The van der Waals surface area contributed by atoms with Crippen molar-refractivity contribution in [1.29, 1.82) is 0 Å². The summed E-state index contributed by atoms with van der Waals surface area (Å²) in [6.07, 6.45) is 3.32. The van der Waals surface area contributed by atoms with Gasteiger partial charge in [0, 0.05) is 37.8 Å². The van der Waals surface area contributed by atoms with E-state index in [1.165, 1.54) is 0 Å². The van der Waals surface area contributed by atoms with Crippen LogP contribution in [-0.2, 0) is 0 Å². The minimum atomic E-state index is 0.818. The molecule has 0 unspecified atom stereocenters. The van der Waals surface area contributed by atoms with Crippen LogP contribution in [0.15, 0.2) is 18.6 Å². The number of anilines is 3. The fourth-order valence-electron chi connectivity index (χ4n) is 2.36. The summed E-state index contributed by atoms with van der Waals surface area (Å²) in [4.78, 5) is 13.4. The van der Waals surface area contributed by atoms with E-state index in [0.29, 0.717) is 0 Å². The second-order valence-corrected chi connectivity index (χ2v) is 5.06. The third-order valence-electron chi connectivity index (χ3n) is 3.61. The van der Waals surface area contributed by atoms with Gasteiger partial charge in [-0.1, -0.05) is 0 Å². The van der Waals surface area contributed by atoms with E-state index in [4.69, 9.17) is 0 Å². The summed E-state index contributed by atoms with van der Waals surface area (Å²) in [5, 5.41) is 10.0. The average Bonchev–Trinajstić information content (AvgIpc) is 2.95. The Bertz CT molecular complexity index is 558. The molecule has 7 heteroatoms. The van der Waals surface area contributed by atoms with Gasteiger partial charge in [-0.2, -0.15) is 5.10 Å². The quantitative estimate of drug-likeness (QED) is 0.869. The van der Waals surface area contributed by atoms with Gasteiger partial charge in [0.15, 0.2) is 0 Å². The van der Waals surface area contributed by atoms with Crippen LogP contribution in [0.2, 0.25) is 0 Å². The van der Waals surface area contributed by atoms with Crippen LogP contribution in [0.5, 0.6) is 0 Å². The molecule has 0 radical (unpaired) electrons. The fraction of sp³-hybridized carbons (Fsp3) is 0.462. The number of nitrogens with one attached hydrogen (secondary N) is 2. The van der Waals surface area contributed by atoms with E-state index in [1.54, 1.807) is 12.5 Å². The molecule has 2 N–H and O–H groups in total. The first-order valence-electron chi connectivity index (χ1n) is 6.75. The number of rotatable bonds is 3. The third-order valence-corrected chi connectivity index (χ3v) is 3.61. The van der Waals surface area contributed by atoms with E-state index in [9.17, 15) is 0 Å².